The second-order valence-electron chi connectivity index (χ2n) is 4.37. The minimum Gasteiger partial charge on any atom is -0.375 e. The van der Waals surface area contributed by atoms with Crippen LogP contribution in [0.2, 0.25) is 0 Å². The molecule has 1 aliphatic heterocycles. The number of morpholine rings is 1. The third-order valence-corrected chi connectivity index (χ3v) is 3.77. The fraction of sp³-hybridized carbons (Fsp3) is 1.00. The number of thiol groups is 1. The molecule has 82 valence electrons. The van der Waals surface area contributed by atoms with Crippen molar-refractivity contribution < 1.29 is 4.74 Å². The van der Waals surface area contributed by atoms with Crippen LogP contribution in [0.15, 0.2) is 0 Å². The van der Waals surface area contributed by atoms with Crippen LogP contribution >= 0.6 is 12.6 Å². The van der Waals surface area contributed by atoms with Crippen molar-refractivity contribution in [3.63, 3.8) is 0 Å². The van der Waals surface area contributed by atoms with Crippen molar-refractivity contribution in [2.45, 2.75) is 44.2 Å². The highest BCUT2D eigenvalue weighted by Crippen LogP contribution is 2.28. The van der Waals surface area contributed by atoms with Gasteiger partial charge < -0.3 is 4.74 Å². The van der Waals surface area contributed by atoms with Crippen LogP contribution in [-0.4, -0.2) is 42.5 Å². The molecule has 0 spiro atoms. The van der Waals surface area contributed by atoms with E-state index in [4.69, 9.17) is 4.74 Å². The van der Waals surface area contributed by atoms with E-state index in [1.165, 1.54) is 38.6 Å². The fourth-order valence-corrected chi connectivity index (χ4v) is 2.87. The average molecular weight is 215 g/mol. The summed E-state index contributed by atoms with van der Waals surface area (Å²) < 4.78 is 5.83. The van der Waals surface area contributed by atoms with E-state index in [9.17, 15) is 0 Å². The predicted molar refractivity (Wildman–Crippen MR) is 62.0 cm³/mol. The molecule has 2 unspecified atom stereocenters. The Labute approximate surface area is 92.4 Å². The van der Waals surface area contributed by atoms with Gasteiger partial charge in [0.05, 0.1) is 12.7 Å². The van der Waals surface area contributed by atoms with E-state index in [1.807, 2.05) is 0 Å². The van der Waals surface area contributed by atoms with Crippen LogP contribution in [0.5, 0.6) is 0 Å². The highest BCUT2D eigenvalue weighted by atomic mass is 32.1. The highest BCUT2D eigenvalue weighted by Gasteiger charge is 2.33. The maximum absolute atomic E-state index is 5.83. The van der Waals surface area contributed by atoms with E-state index >= 15 is 0 Å². The van der Waals surface area contributed by atoms with Gasteiger partial charge in [-0.3, -0.25) is 4.90 Å². The first kappa shape index (κ1) is 10.8. The van der Waals surface area contributed by atoms with Crippen LogP contribution in [0, 0.1) is 0 Å². The van der Waals surface area contributed by atoms with Gasteiger partial charge in [-0.1, -0.05) is 12.8 Å². The first-order chi connectivity index (χ1) is 6.92. The summed E-state index contributed by atoms with van der Waals surface area (Å²) in [5, 5.41) is 0. The van der Waals surface area contributed by atoms with Crippen molar-refractivity contribution in [2.24, 2.45) is 0 Å². The number of fused-ring (bicyclic) bond motifs is 1. The summed E-state index contributed by atoms with van der Waals surface area (Å²) >= 11 is 4.28. The molecule has 1 heterocycles. The maximum Gasteiger partial charge on any atom is 0.0730 e. The molecular formula is C11H21NOS. The van der Waals surface area contributed by atoms with E-state index < -0.39 is 0 Å². The second kappa shape index (κ2) is 5.38. The Kier molecular flexibility index (Phi) is 4.14. The van der Waals surface area contributed by atoms with Crippen molar-refractivity contribution >= 4 is 12.6 Å². The summed E-state index contributed by atoms with van der Waals surface area (Å²) in [5.41, 5.74) is 0. The number of hydrogen-bond acceptors (Lipinski definition) is 3. The number of hydrogen-bond donors (Lipinski definition) is 1. The van der Waals surface area contributed by atoms with E-state index in [2.05, 4.69) is 17.5 Å². The van der Waals surface area contributed by atoms with Gasteiger partial charge >= 0.3 is 0 Å². The Hall–Kier alpha value is 0.270. The van der Waals surface area contributed by atoms with Crippen LogP contribution in [0.3, 0.4) is 0 Å². The molecule has 0 aromatic rings. The molecule has 2 atom stereocenters. The molecule has 3 heteroatoms. The zero-order chi connectivity index (χ0) is 9.80. The number of ether oxygens (including phenoxy) is 1. The third-order valence-electron chi connectivity index (χ3n) is 3.45. The van der Waals surface area contributed by atoms with E-state index in [1.54, 1.807) is 0 Å². The van der Waals surface area contributed by atoms with E-state index in [-0.39, 0.29) is 0 Å². The predicted octanol–water partition coefficient (Wildman–Crippen LogP) is 1.95. The summed E-state index contributed by atoms with van der Waals surface area (Å²) in [6.07, 6.45) is 7.13. The van der Waals surface area contributed by atoms with Crippen LogP contribution < -0.4 is 0 Å². The van der Waals surface area contributed by atoms with Crippen molar-refractivity contribution in [1.82, 2.24) is 4.90 Å². The summed E-state index contributed by atoms with van der Waals surface area (Å²) in [4.78, 5) is 2.63. The van der Waals surface area contributed by atoms with Crippen LogP contribution in [0.4, 0.5) is 0 Å². The first-order valence-electron chi connectivity index (χ1n) is 5.88. The summed E-state index contributed by atoms with van der Waals surface area (Å²) in [7, 11) is 0. The van der Waals surface area contributed by atoms with Gasteiger partial charge in [-0.05, 0) is 31.6 Å². The topological polar surface area (TPSA) is 12.5 Å². The molecule has 0 aromatic heterocycles. The number of nitrogens with zero attached hydrogens (tertiary/aromatic N) is 1. The van der Waals surface area contributed by atoms with Gasteiger partial charge in [-0.15, -0.1) is 0 Å². The third kappa shape index (κ3) is 2.44. The van der Waals surface area contributed by atoms with Crippen molar-refractivity contribution in [2.75, 3.05) is 25.4 Å². The molecule has 2 aliphatic rings. The van der Waals surface area contributed by atoms with Crippen LogP contribution in [0.1, 0.15) is 32.1 Å². The zero-order valence-corrected chi connectivity index (χ0v) is 9.72. The lowest BCUT2D eigenvalue weighted by molar-refractivity contribution is -0.0877. The Morgan fingerprint density at radius 3 is 3.00 bits per heavy atom. The molecule has 2 nitrogen and oxygen atoms in total. The highest BCUT2D eigenvalue weighted by molar-refractivity contribution is 7.80. The maximum atomic E-state index is 5.83. The fourth-order valence-electron chi connectivity index (χ4n) is 2.73. The van der Waals surface area contributed by atoms with Gasteiger partial charge in [0.15, 0.2) is 0 Å². The lowest BCUT2D eigenvalue weighted by Gasteiger charge is -2.43. The van der Waals surface area contributed by atoms with Crippen LogP contribution in [0.25, 0.3) is 0 Å². The molecule has 2 rings (SSSR count). The summed E-state index contributed by atoms with van der Waals surface area (Å²) in [6.45, 7) is 3.29. The average Bonchev–Trinajstić information content (AvgIpc) is 2.26. The Morgan fingerprint density at radius 2 is 2.14 bits per heavy atom. The monoisotopic (exact) mass is 215 g/mol. The SMILES string of the molecule is SCCCN1CCOC2CCCCC21. The van der Waals surface area contributed by atoms with E-state index in [0.29, 0.717) is 6.10 Å². The molecule has 1 aliphatic carbocycles. The molecule has 0 aromatic carbocycles. The van der Waals surface area contributed by atoms with E-state index in [0.717, 1.165) is 24.9 Å². The summed E-state index contributed by atoms with van der Waals surface area (Å²) in [6, 6.07) is 0.720. The number of rotatable bonds is 3. The van der Waals surface area contributed by atoms with Gasteiger partial charge in [0.1, 0.15) is 0 Å². The molecule has 1 saturated heterocycles. The minimum absolute atomic E-state index is 0.539. The first-order valence-corrected chi connectivity index (χ1v) is 6.51. The quantitative estimate of drug-likeness (QED) is 0.722. The molecule has 2 fully saturated rings. The standard InChI is InChI=1S/C11H21NOS/c14-9-3-6-12-7-8-13-11-5-2-1-4-10(11)12/h10-11,14H,1-9H2. The normalized spacial score (nSPS) is 34.1. The minimum atomic E-state index is 0.539. The van der Waals surface area contributed by atoms with Gasteiger partial charge in [0, 0.05) is 12.6 Å². The second-order valence-corrected chi connectivity index (χ2v) is 4.82. The molecule has 0 amide bonds. The lowest BCUT2D eigenvalue weighted by atomic mass is 9.90. The van der Waals surface area contributed by atoms with Gasteiger partial charge in [-0.2, -0.15) is 12.6 Å². The smallest absolute Gasteiger partial charge is 0.0730 e. The van der Waals surface area contributed by atoms with Gasteiger partial charge in [0.2, 0.25) is 0 Å². The molecule has 0 bridgehead atoms. The molecule has 0 radical (unpaired) electrons. The Bertz CT molecular complexity index is 175. The van der Waals surface area contributed by atoms with Gasteiger partial charge in [-0.25, -0.2) is 0 Å². The van der Waals surface area contributed by atoms with Gasteiger partial charge in [0.25, 0.3) is 0 Å². The van der Waals surface area contributed by atoms with Crippen molar-refractivity contribution in [1.29, 1.82) is 0 Å². The molecule has 1 saturated carbocycles. The van der Waals surface area contributed by atoms with Crippen molar-refractivity contribution in [3.05, 3.63) is 0 Å². The molecule has 0 N–H and O–H groups in total. The van der Waals surface area contributed by atoms with Crippen molar-refractivity contribution in [3.8, 4) is 0 Å². The molecule has 14 heavy (non-hydrogen) atoms. The van der Waals surface area contributed by atoms with Crippen LogP contribution in [-0.2, 0) is 4.74 Å². The Balaban J connectivity index is 1.88. The lowest BCUT2D eigenvalue weighted by Crippen LogP contribution is -2.52. The largest absolute Gasteiger partial charge is 0.375 e. The summed E-state index contributed by atoms with van der Waals surface area (Å²) in [5.74, 6) is 1.01. The zero-order valence-electron chi connectivity index (χ0n) is 8.82. The molecular weight excluding hydrogens is 194 g/mol. The Morgan fingerprint density at radius 1 is 1.29 bits per heavy atom.